The molecule has 2 aromatic rings. The highest BCUT2D eigenvalue weighted by Crippen LogP contribution is 2.42. The zero-order valence-corrected chi connectivity index (χ0v) is 29.8. The fourth-order valence-electron chi connectivity index (χ4n) is 5.18. The Hall–Kier alpha value is -2.68. The van der Waals surface area contributed by atoms with Crippen molar-refractivity contribution in [3.8, 4) is 0 Å². The summed E-state index contributed by atoms with van der Waals surface area (Å²) >= 11 is 0. The zero-order valence-electron chi connectivity index (χ0n) is 29.8. The number of allylic oxidation sites excluding steroid dienone is 6. The fourth-order valence-corrected chi connectivity index (χ4v) is 5.18. The van der Waals surface area contributed by atoms with Gasteiger partial charge in [0.2, 0.25) is 0 Å². The highest BCUT2D eigenvalue weighted by atomic mass is 15.3. The van der Waals surface area contributed by atoms with Crippen LogP contribution in [0.15, 0.2) is 73.8 Å². The minimum atomic E-state index is 0.626. The number of rotatable bonds is 10. The van der Waals surface area contributed by atoms with E-state index in [2.05, 4.69) is 96.0 Å². The topological polar surface area (TPSA) is 30.7 Å². The molecule has 242 valence electrons. The van der Waals surface area contributed by atoms with Gasteiger partial charge in [0, 0.05) is 23.8 Å². The van der Waals surface area contributed by atoms with Crippen LogP contribution in [0.4, 0.5) is 0 Å². The minimum absolute atomic E-state index is 0.626. The van der Waals surface area contributed by atoms with E-state index < -0.39 is 0 Å². The van der Waals surface area contributed by atoms with Gasteiger partial charge in [0.15, 0.2) is 0 Å². The summed E-state index contributed by atoms with van der Waals surface area (Å²) in [5, 5.41) is 4.48. The van der Waals surface area contributed by atoms with Crippen LogP contribution in [-0.4, -0.2) is 14.8 Å². The van der Waals surface area contributed by atoms with Gasteiger partial charge < -0.3 is 0 Å². The Morgan fingerprint density at radius 1 is 1.14 bits per heavy atom. The second kappa shape index (κ2) is 24.7. The summed E-state index contributed by atoms with van der Waals surface area (Å²) < 4.78 is 2.04. The Morgan fingerprint density at radius 3 is 2.21 bits per heavy atom. The van der Waals surface area contributed by atoms with E-state index in [0.29, 0.717) is 5.92 Å². The summed E-state index contributed by atoms with van der Waals surface area (Å²) in [6, 6.07) is 4.03. The largest absolute Gasteiger partial charge is 0.264 e. The molecule has 0 N–H and O–H groups in total. The fraction of sp³-hybridized carbons (Fsp3) is 0.600. The molecule has 3 heteroatoms. The third-order valence-electron chi connectivity index (χ3n) is 8.17. The smallest absolute Gasteiger partial charge is 0.0526 e. The van der Waals surface area contributed by atoms with E-state index in [1.807, 2.05) is 43.9 Å². The Balaban J connectivity index is 0.000000713. The monoisotopic (exact) mass is 590 g/mol. The summed E-state index contributed by atoms with van der Waals surface area (Å²) in [5.41, 5.74) is 6.22. The molecule has 4 rings (SSSR count). The lowest BCUT2D eigenvalue weighted by Crippen LogP contribution is -2.05. The summed E-state index contributed by atoms with van der Waals surface area (Å²) in [6.07, 6.45) is 27.4. The number of aryl methyl sites for hydroxylation is 2. The summed E-state index contributed by atoms with van der Waals surface area (Å²) in [4.78, 5) is 3.96. The molecule has 0 aliphatic heterocycles. The van der Waals surface area contributed by atoms with Crippen LogP contribution in [0, 0.1) is 37.5 Å². The molecule has 1 fully saturated rings. The maximum absolute atomic E-state index is 4.48. The van der Waals surface area contributed by atoms with Crippen LogP contribution < -0.4 is 0 Å². The van der Waals surface area contributed by atoms with Crippen LogP contribution in [0.5, 0.6) is 0 Å². The van der Waals surface area contributed by atoms with Crippen molar-refractivity contribution in [2.75, 3.05) is 0 Å². The van der Waals surface area contributed by atoms with Crippen molar-refractivity contribution >= 4 is 5.70 Å². The normalized spacial score (nSPS) is 19.0. The summed E-state index contributed by atoms with van der Waals surface area (Å²) in [6.45, 7) is 29.1. The first-order valence-electron chi connectivity index (χ1n) is 17.2. The molecule has 0 spiro atoms. The molecule has 2 aliphatic rings. The quantitative estimate of drug-likeness (QED) is 0.204. The second-order valence-electron chi connectivity index (χ2n) is 12.0. The van der Waals surface area contributed by atoms with Crippen molar-refractivity contribution in [2.45, 2.75) is 133 Å². The van der Waals surface area contributed by atoms with Gasteiger partial charge in [0.1, 0.15) is 0 Å². The van der Waals surface area contributed by atoms with E-state index >= 15 is 0 Å². The van der Waals surface area contributed by atoms with Gasteiger partial charge in [0.05, 0.1) is 6.20 Å². The molecular formula is C40H67N3. The average molecular weight is 590 g/mol. The number of pyridine rings is 1. The van der Waals surface area contributed by atoms with Gasteiger partial charge in [-0.05, 0) is 120 Å². The van der Waals surface area contributed by atoms with Gasteiger partial charge in [-0.15, -0.1) is 6.58 Å². The van der Waals surface area contributed by atoms with Crippen LogP contribution in [0.3, 0.4) is 0 Å². The number of aromatic nitrogens is 3. The van der Waals surface area contributed by atoms with Gasteiger partial charge in [-0.1, -0.05) is 97.3 Å². The van der Waals surface area contributed by atoms with Gasteiger partial charge in [-0.25, -0.2) is 4.68 Å². The van der Waals surface area contributed by atoms with E-state index in [0.717, 1.165) is 24.2 Å². The number of nitrogens with zero attached hydrogens (tertiary/aromatic N) is 3. The molecule has 2 aliphatic carbocycles. The van der Waals surface area contributed by atoms with Gasteiger partial charge in [-0.2, -0.15) is 5.10 Å². The number of hydrogen-bond acceptors (Lipinski definition) is 2. The molecule has 2 heterocycles. The van der Waals surface area contributed by atoms with Crippen LogP contribution >= 0.6 is 0 Å². The lowest BCUT2D eigenvalue weighted by atomic mass is 9.89. The zero-order chi connectivity index (χ0) is 32.6. The molecule has 0 bridgehead atoms. The van der Waals surface area contributed by atoms with Crippen LogP contribution in [0.2, 0.25) is 0 Å². The van der Waals surface area contributed by atoms with E-state index in [9.17, 15) is 0 Å². The van der Waals surface area contributed by atoms with Crippen LogP contribution in [0.1, 0.15) is 130 Å². The van der Waals surface area contributed by atoms with E-state index in [4.69, 9.17) is 0 Å². The molecule has 0 aromatic carbocycles. The van der Waals surface area contributed by atoms with Crippen molar-refractivity contribution in [3.63, 3.8) is 0 Å². The maximum Gasteiger partial charge on any atom is 0.0526 e. The lowest BCUT2D eigenvalue weighted by Gasteiger charge is -2.18. The van der Waals surface area contributed by atoms with Gasteiger partial charge in [-0.3, -0.25) is 4.98 Å². The summed E-state index contributed by atoms with van der Waals surface area (Å²) in [7, 11) is 0. The Morgan fingerprint density at radius 2 is 1.81 bits per heavy atom. The van der Waals surface area contributed by atoms with Gasteiger partial charge in [0.25, 0.3) is 0 Å². The third-order valence-corrected chi connectivity index (χ3v) is 8.17. The average Bonchev–Trinajstić information content (AvgIpc) is 3.62. The molecule has 3 nitrogen and oxygen atoms in total. The standard InChI is InChI=1S/C21H34N2.C7H9N.C7H12.C3H6.C2H6/c1-7-9-20(10-8-11-21-13-16(21)3)15(2)12-18(5)23-19(6)17(4)14-22-23;1-2-7-4-3-5-8-6-7;1-7-5-3-2-4-6-7;1-3-2;1-2/h12,14,16,20-21H,2,7-11,13H2,1,3-6H3;3-6H,2H2,1H3;3,5,7H,2,4,6H2,1H3;3H,1H2,2H3;1-2H3/b18-12-;;;;/t16-,20?,21?;;;;/m1..../s1. The lowest BCUT2D eigenvalue weighted by molar-refractivity contribution is 0.474. The first-order chi connectivity index (χ1) is 20.7. The Bertz CT molecular complexity index is 1040. The Kier molecular flexibility index (Phi) is 23.2. The highest BCUT2D eigenvalue weighted by Gasteiger charge is 2.31. The maximum atomic E-state index is 4.48. The first kappa shape index (κ1) is 40.3. The minimum Gasteiger partial charge on any atom is -0.264 e. The molecular weight excluding hydrogens is 522 g/mol. The SMILES string of the molecule is C=C(/C=C(/C)n1ncc(C)c1C)C(CCC)CCCC1C[C@H]1C.C=CC.CC.CC1C=CCCC1.CCc1cccnc1. The molecule has 0 saturated heterocycles. The third kappa shape index (κ3) is 17.9. The second-order valence-corrected chi connectivity index (χ2v) is 12.0. The van der Waals surface area contributed by atoms with Crippen molar-refractivity contribution in [3.05, 3.63) is 90.6 Å². The Labute approximate surface area is 267 Å². The van der Waals surface area contributed by atoms with E-state index in [1.165, 1.54) is 85.9 Å². The molecule has 0 amide bonds. The summed E-state index contributed by atoms with van der Waals surface area (Å²) in [5.74, 6) is 3.48. The van der Waals surface area contributed by atoms with Crippen molar-refractivity contribution in [1.82, 2.24) is 14.8 Å². The molecule has 0 radical (unpaired) electrons. The number of hydrogen-bond donors (Lipinski definition) is 0. The van der Waals surface area contributed by atoms with Crippen LogP contribution in [0.25, 0.3) is 5.70 Å². The van der Waals surface area contributed by atoms with Crippen molar-refractivity contribution in [1.29, 1.82) is 0 Å². The predicted octanol–water partition coefficient (Wildman–Crippen LogP) is 12.4. The van der Waals surface area contributed by atoms with Crippen LogP contribution in [-0.2, 0) is 6.42 Å². The van der Waals surface area contributed by atoms with Crippen molar-refractivity contribution in [2.24, 2.45) is 23.7 Å². The van der Waals surface area contributed by atoms with E-state index in [-0.39, 0.29) is 0 Å². The molecule has 1 saturated carbocycles. The molecule has 4 atom stereocenters. The van der Waals surface area contributed by atoms with Gasteiger partial charge >= 0.3 is 0 Å². The molecule has 43 heavy (non-hydrogen) atoms. The molecule has 3 unspecified atom stereocenters. The predicted molar refractivity (Wildman–Crippen MR) is 193 cm³/mol. The van der Waals surface area contributed by atoms with Crippen molar-refractivity contribution < 1.29 is 0 Å². The molecule has 2 aromatic heterocycles. The highest BCUT2D eigenvalue weighted by molar-refractivity contribution is 5.49. The van der Waals surface area contributed by atoms with E-state index in [1.54, 1.807) is 12.3 Å². The first-order valence-corrected chi connectivity index (χ1v) is 17.2.